The second-order valence-electron chi connectivity index (χ2n) is 4.51. The molecule has 0 saturated heterocycles. The molecule has 0 aromatic heterocycles. The third-order valence-corrected chi connectivity index (χ3v) is 4.29. The first kappa shape index (κ1) is 15.3. The summed E-state index contributed by atoms with van der Waals surface area (Å²) in [6.07, 6.45) is 0. The van der Waals surface area contributed by atoms with Gasteiger partial charge in [0.25, 0.3) is 0 Å². The average Bonchev–Trinajstić information content (AvgIpc) is 2.43. The van der Waals surface area contributed by atoms with Crippen molar-refractivity contribution in [2.24, 2.45) is 0 Å². The van der Waals surface area contributed by atoms with Crippen LogP contribution in [0.5, 0.6) is 5.75 Å². The van der Waals surface area contributed by atoms with Gasteiger partial charge in [0, 0.05) is 5.56 Å². The molecule has 2 rings (SSSR count). The first-order valence-electron chi connectivity index (χ1n) is 6.35. The smallest absolute Gasteiger partial charge is 0.141 e. The molecule has 1 atom stereocenters. The van der Waals surface area contributed by atoms with Crippen LogP contribution in [0.2, 0.25) is 5.02 Å². The molecule has 0 saturated carbocycles. The number of alkyl halides is 1. The Kier molecular flexibility index (Phi) is 5.06. The first-order valence-corrected chi connectivity index (χ1v) is 7.64. The molecule has 2 aromatic carbocycles. The van der Waals surface area contributed by atoms with E-state index in [-0.39, 0.29) is 9.85 Å². The first-order chi connectivity index (χ1) is 9.52. The Hall–Kier alpha value is -1.06. The summed E-state index contributed by atoms with van der Waals surface area (Å²) >= 11 is 9.50. The van der Waals surface area contributed by atoms with Crippen LogP contribution in [0.15, 0.2) is 36.4 Å². The fourth-order valence-electron chi connectivity index (χ4n) is 2.00. The quantitative estimate of drug-likeness (QED) is 0.641. The Morgan fingerprint density at radius 2 is 2.00 bits per heavy atom. The van der Waals surface area contributed by atoms with Crippen molar-refractivity contribution in [1.29, 1.82) is 0 Å². The Balaban J connectivity index is 2.43. The van der Waals surface area contributed by atoms with Gasteiger partial charge in [0.2, 0.25) is 0 Å². The van der Waals surface area contributed by atoms with Gasteiger partial charge in [-0.15, -0.1) is 0 Å². The monoisotopic (exact) mass is 356 g/mol. The molecule has 0 fully saturated rings. The fourth-order valence-corrected chi connectivity index (χ4v) is 2.83. The minimum atomic E-state index is -0.413. The van der Waals surface area contributed by atoms with Gasteiger partial charge in [0.05, 0.1) is 16.5 Å². The van der Waals surface area contributed by atoms with Crippen molar-refractivity contribution in [3.05, 3.63) is 63.9 Å². The van der Waals surface area contributed by atoms with Crippen LogP contribution in [-0.2, 0) is 0 Å². The van der Waals surface area contributed by atoms with Gasteiger partial charge in [-0.3, -0.25) is 0 Å². The zero-order valence-electron chi connectivity index (χ0n) is 11.3. The number of ether oxygens (including phenoxy) is 1. The molecule has 0 amide bonds. The summed E-state index contributed by atoms with van der Waals surface area (Å²) in [5.74, 6) is 0.407. The van der Waals surface area contributed by atoms with E-state index in [1.165, 1.54) is 6.07 Å². The molecule has 1 unspecified atom stereocenters. The van der Waals surface area contributed by atoms with Crippen molar-refractivity contribution in [2.45, 2.75) is 18.7 Å². The average molecular weight is 358 g/mol. The van der Waals surface area contributed by atoms with Crippen molar-refractivity contribution in [3.63, 3.8) is 0 Å². The molecule has 1 nitrogen and oxygen atoms in total. The van der Waals surface area contributed by atoms with E-state index in [1.807, 2.05) is 26.0 Å². The maximum absolute atomic E-state index is 13.3. The van der Waals surface area contributed by atoms with E-state index in [1.54, 1.807) is 12.1 Å². The van der Waals surface area contributed by atoms with E-state index < -0.39 is 5.82 Å². The van der Waals surface area contributed by atoms with Gasteiger partial charge in [0.15, 0.2) is 0 Å². The van der Waals surface area contributed by atoms with Crippen LogP contribution in [0.4, 0.5) is 4.39 Å². The zero-order chi connectivity index (χ0) is 14.7. The van der Waals surface area contributed by atoms with E-state index >= 15 is 0 Å². The molecule has 0 aliphatic carbocycles. The summed E-state index contributed by atoms with van der Waals surface area (Å²) in [4.78, 5) is -0.0953. The van der Waals surface area contributed by atoms with Crippen LogP contribution < -0.4 is 4.74 Å². The molecule has 0 spiro atoms. The van der Waals surface area contributed by atoms with Gasteiger partial charge in [0.1, 0.15) is 11.6 Å². The van der Waals surface area contributed by atoms with Gasteiger partial charge < -0.3 is 4.74 Å². The van der Waals surface area contributed by atoms with E-state index in [0.717, 1.165) is 22.4 Å². The number of rotatable bonds is 4. The number of aryl methyl sites for hydroxylation is 1. The molecular weight excluding hydrogens is 343 g/mol. The van der Waals surface area contributed by atoms with Crippen molar-refractivity contribution in [1.82, 2.24) is 0 Å². The van der Waals surface area contributed by atoms with E-state index in [0.29, 0.717) is 6.61 Å². The molecular formula is C16H15BrClFO. The van der Waals surface area contributed by atoms with E-state index in [4.69, 9.17) is 16.3 Å². The van der Waals surface area contributed by atoms with E-state index in [9.17, 15) is 4.39 Å². The summed E-state index contributed by atoms with van der Waals surface area (Å²) in [6.45, 7) is 4.57. The van der Waals surface area contributed by atoms with Crippen LogP contribution >= 0.6 is 27.5 Å². The van der Waals surface area contributed by atoms with Crippen LogP contribution in [0.25, 0.3) is 0 Å². The number of benzene rings is 2. The maximum Gasteiger partial charge on any atom is 0.141 e. The lowest BCUT2D eigenvalue weighted by Crippen LogP contribution is -2.01. The summed E-state index contributed by atoms with van der Waals surface area (Å²) in [5.41, 5.74) is 3.04. The van der Waals surface area contributed by atoms with Crippen molar-refractivity contribution < 1.29 is 9.13 Å². The standard InChI is InChI=1S/C16H15BrClFO/c1-3-20-15-7-4-10(2)8-12(15)16(17)11-5-6-14(19)13(18)9-11/h4-9,16H,3H2,1-2H3. The normalized spacial score (nSPS) is 12.2. The van der Waals surface area contributed by atoms with Gasteiger partial charge >= 0.3 is 0 Å². The highest BCUT2D eigenvalue weighted by Crippen LogP contribution is 2.38. The third kappa shape index (κ3) is 3.33. The topological polar surface area (TPSA) is 9.23 Å². The second kappa shape index (κ2) is 6.59. The highest BCUT2D eigenvalue weighted by molar-refractivity contribution is 9.09. The SMILES string of the molecule is CCOc1ccc(C)cc1C(Br)c1ccc(F)c(Cl)c1. The molecule has 106 valence electrons. The predicted molar refractivity (Wildman–Crippen MR) is 84.5 cm³/mol. The molecule has 0 aliphatic heterocycles. The van der Waals surface area contributed by atoms with Crippen molar-refractivity contribution in [2.75, 3.05) is 6.61 Å². The Labute approximate surface area is 131 Å². The van der Waals surface area contributed by atoms with Crippen LogP contribution in [0.1, 0.15) is 28.4 Å². The lowest BCUT2D eigenvalue weighted by atomic mass is 10.0. The van der Waals surface area contributed by atoms with Gasteiger partial charge in [-0.2, -0.15) is 0 Å². The lowest BCUT2D eigenvalue weighted by Gasteiger charge is -2.17. The predicted octanol–water partition coefficient (Wildman–Crippen LogP) is 5.67. The van der Waals surface area contributed by atoms with Crippen LogP contribution in [0, 0.1) is 12.7 Å². The zero-order valence-corrected chi connectivity index (χ0v) is 13.6. The summed E-state index contributed by atoms with van der Waals surface area (Å²) in [6, 6.07) is 10.7. The highest BCUT2D eigenvalue weighted by Gasteiger charge is 2.17. The van der Waals surface area contributed by atoms with Crippen molar-refractivity contribution >= 4 is 27.5 Å². The second-order valence-corrected chi connectivity index (χ2v) is 5.83. The molecule has 0 heterocycles. The molecule has 0 aliphatic rings. The largest absolute Gasteiger partial charge is 0.494 e. The Morgan fingerprint density at radius 3 is 2.65 bits per heavy atom. The Bertz CT molecular complexity index is 615. The number of hydrogen-bond acceptors (Lipinski definition) is 1. The van der Waals surface area contributed by atoms with Crippen molar-refractivity contribution in [3.8, 4) is 5.75 Å². The summed E-state index contributed by atoms with van der Waals surface area (Å²) < 4.78 is 18.9. The fraction of sp³-hybridized carbons (Fsp3) is 0.250. The molecule has 0 N–H and O–H groups in total. The summed E-state index contributed by atoms with van der Waals surface area (Å²) in [5, 5.41) is 0.123. The van der Waals surface area contributed by atoms with Crippen LogP contribution in [-0.4, -0.2) is 6.61 Å². The molecule has 4 heteroatoms. The minimum absolute atomic E-state index is 0.0953. The van der Waals surface area contributed by atoms with Crippen LogP contribution in [0.3, 0.4) is 0 Å². The highest BCUT2D eigenvalue weighted by atomic mass is 79.9. The minimum Gasteiger partial charge on any atom is -0.494 e. The maximum atomic E-state index is 13.3. The molecule has 20 heavy (non-hydrogen) atoms. The van der Waals surface area contributed by atoms with E-state index in [2.05, 4.69) is 22.0 Å². The Morgan fingerprint density at radius 1 is 1.25 bits per heavy atom. The number of hydrogen-bond donors (Lipinski definition) is 0. The molecule has 2 aromatic rings. The summed E-state index contributed by atoms with van der Waals surface area (Å²) in [7, 11) is 0. The number of halogens is 3. The molecule has 0 radical (unpaired) electrons. The van der Waals surface area contributed by atoms with Gasteiger partial charge in [-0.05, 0) is 37.6 Å². The third-order valence-electron chi connectivity index (χ3n) is 2.97. The van der Waals surface area contributed by atoms with Gasteiger partial charge in [-0.25, -0.2) is 4.39 Å². The lowest BCUT2D eigenvalue weighted by molar-refractivity contribution is 0.337. The van der Waals surface area contributed by atoms with Gasteiger partial charge in [-0.1, -0.05) is 51.3 Å². The molecule has 0 bridgehead atoms.